The molecule has 1 aliphatic carbocycles. The van der Waals surface area contributed by atoms with Gasteiger partial charge in [0.15, 0.2) is 9.84 Å². The largest absolute Gasteiger partial charge is 0.352 e. The molecule has 0 spiro atoms. The maximum absolute atomic E-state index is 12.7. The topological polar surface area (TPSA) is 81.1 Å². The third-order valence-corrected chi connectivity index (χ3v) is 6.26. The van der Waals surface area contributed by atoms with Gasteiger partial charge in [-0.15, -0.1) is 0 Å². The van der Waals surface area contributed by atoms with Gasteiger partial charge in [-0.05, 0) is 30.4 Å². The summed E-state index contributed by atoms with van der Waals surface area (Å²) in [5, 5.41) is 3.16. The fourth-order valence-electron chi connectivity index (χ4n) is 3.83. The highest BCUT2D eigenvalue weighted by atomic mass is 32.2. The van der Waals surface area contributed by atoms with Crippen LogP contribution in [0.2, 0.25) is 0 Å². The fourth-order valence-corrected chi connectivity index (χ4v) is 4.52. The molecule has 1 heterocycles. The summed E-state index contributed by atoms with van der Waals surface area (Å²) in [5.74, 6) is 1.20. The Labute approximate surface area is 154 Å². The number of nitrogens with one attached hydrogen (secondary N) is 1. The van der Waals surface area contributed by atoms with E-state index in [-0.39, 0.29) is 24.2 Å². The van der Waals surface area contributed by atoms with Crippen molar-refractivity contribution < 1.29 is 13.2 Å². The van der Waals surface area contributed by atoms with Gasteiger partial charge in [0.05, 0.1) is 11.0 Å². The molecule has 3 rings (SSSR count). The van der Waals surface area contributed by atoms with E-state index in [2.05, 4.69) is 24.1 Å². The van der Waals surface area contributed by atoms with Crippen molar-refractivity contribution in [3.63, 3.8) is 0 Å². The second kappa shape index (κ2) is 7.39. The van der Waals surface area contributed by atoms with Gasteiger partial charge in [-0.2, -0.15) is 0 Å². The van der Waals surface area contributed by atoms with Crippen molar-refractivity contribution >= 4 is 26.8 Å². The number of fused-ring (bicyclic) bond motifs is 1. The van der Waals surface area contributed by atoms with Crippen LogP contribution in [0.5, 0.6) is 0 Å². The number of para-hydroxylation sites is 2. The van der Waals surface area contributed by atoms with Crippen LogP contribution in [-0.4, -0.2) is 36.2 Å². The number of hydrogen-bond donors (Lipinski definition) is 1. The molecule has 142 valence electrons. The summed E-state index contributed by atoms with van der Waals surface area (Å²) in [5.41, 5.74) is 1.49. The number of nitrogens with zero attached hydrogens (tertiary/aromatic N) is 2. The van der Waals surface area contributed by atoms with Gasteiger partial charge in [0, 0.05) is 12.3 Å². The zero-order valence-electron chi connectivity index (χ0n) is 15.6. The maximum Gasteiger partial charge on any atom is 0.240 e. The molecule has 1 aliphatic rings. The standard InChI is InChI=1S/C19H27N3O3S/c1-13-7-6-9-15(14(13)2)21-19(23)11-22-17-10-5-4-8-16(17)20-18(22)12-26(3,24)25/h4-5,8,10,13-15H,6-7,9,11-12H2,1-3H3,(H,21,23). The molecular weight excluding hydrogens is 350 g/mol. The van der Waals surface area contributed by atoms with Crippen LogP contribution in [0.3, 0.4) is 0 Å². The lowest BCUT2D eigenvalue weighted by Crippen LogP contribution is -2.44. The molecule has 6 nitrogen and oxygen atoms in total. The van der Waals surface area contributed by atoms with E-state index in [1.807, 2.05) is 24.3 Å². The number of hydrogen-bond acceptors (Lipinski definition) is 4. The molecule has 0 aliphatic heterocycles. The Kier molecular flexibility index (Phi) is 5.37. The van der Waals surface area contributed by atoms with Crippen LogP contribution in [0, 0.1) is 11.8 Å². The first-order valence-corrected chi connectivity index (χ1v) is 11.2. The Balaban J connectivity index is 1.83. The summed E-state index contributed by atoms with van der Waals surface area (Å²) in [6, 6.07) is 7.61. The molecule has 3 unspecified atom stereocenters. The lowest BCUT2D eigenvalue weighted by atomic mass is 9.78. The average Bonchev–Trinajstić information content (AvgIpc) is 2.87. The van der Waals surface area contributed by atoms with Crippen LogP contribution >= 0.6 is 0 Å². The van der Waals surface area contributed by atoms with Crippen molar-refractivity contribution in [3.8, 4) is 0 Å². The van der Waals surface area contributed by atoms with E-state index in [0.29, 0.717) is 23.2 Å². The molecule has 26 heavy (non-hydrogen) atoms. The summed E-state index contributed by atoms with van der Waals surface area (Å²) in [7, 11) is -3.24. The number of carbonyl (C=O) groups excluding carboxylic acids is 1. The zero-order chi connectivity index (χ0) is 18.9. The molecular formula is C19H27N3O3S. The SMILES string of the molecule is CC1CCCC(NC(=O)Cn2c(CS(C)(=O)=O)nc3ccccc32)C1C. The van der Waals surface area contributed by atoms with Crippen molar-refractivity contribution in [1.82, 2.24) is 14.9 Å². The molecule has 0 saturated heterocycles. The fraction of sp³-hybridized carbons (Fsp3) is 0.579. The number of carbonyl (C=O) groups is 1. The average molecular weight is 378 g/mol. The Hall–Kier alpha value is -1.89. The summed E-state index contributed by atoms with van der Waals surface area (Å²) in [4.78, 5) is 17.1. The summed E-state index contributed by atoms with van der Waals surface area (Å²) in [6.07, 6.45) is 4.52. The molecule has 7 heteroatoms. The van der Waals surface area contributed by atoms with Crippen molar-refractivity contribution in [1.29, 1.82) is 0 Å². The van der Waals surface area contributed by atoms with Gasteiger partial charge >= 0.3 is 0 Å². The Morgan fingerprint density at radius 2 is 2.00 bits per heavy atom. The first-order chi connectivity index (χ1) is 12.2. The number of amides is 1. The van der Waals surface area contributed by atoms with Gasteiger partial charge in [-0.1, -0.05) is 38.8 Å². The van der Waals surface area contributed by atoms with Gasteiger partial charge in [0.1, 0.15) is 18.1 Å². The number of aromatic nitrogens is 2. The second-order valence-electron chi connectivity index (χ2n) is 7.61. The molecule has 1 N–H and O–H groups in total. The van der Waals surface area contributed by atoms with E-state index in [4.69, 9.17) is 0 Å². The van der Waals surface area contributed by atoms with Gasteiger partial charge < -0.3 is 9.88 Å². The number of rotatable bonds is 5. The lowest BCUT2D eigenvalue weighted by Gasteiger charge is -2.34. The zero-order valence-corrected chi connectivity index (χ0v) is 16.4. The van der Waals surface area contributed by atoms with Crippen LogP contribution in [0.25, 0.3) is 11.0 Å². The molecule has 1 aromatic carbocycles. The van der Waals surface area contributed by atoms with E-state index in [1.54, 1.807) is 4.57 Å². The molecule has 0 radical (unpaired) electrons. The van der Waals surface area contributed by atoms with Crippen molar-refractivity contribution in [3.05, 3.63) is 30.1 Å². The molecule has 0 bridgehead atoms. The highest BCUT2D eigenvalue weighted by Gasteiger charge is 2.28. The molecule has 1 aromatic heterocycles. The molecule has 1 fully saturated rings. The first-order valence-electron chi connectivity index (χ1n) is 9.16. The van der Waals surface area contributed by atoms with Gasteiger partial charge in [-0.25, -0.2) is 13.4 Å². The number of benzene rings is 1. The van der Waals surface area contributed by atoms with E-state index in [9.17, 15) is 13.2 Å². The summed E-state index contributed by atoms with van der Waals surface area (Å²) < 4.78 is 25.2. The van der Waals surface area contributed by atoms with Gasteiger partial charge in [0.2, 0.25) is 5.91 Å². The van der Waals surface area contributed by atoms with Gasteiger partial charge in [-0.3, -0.25) is 4.79 Å². The van der Waals surface area contributed by atoms with Crippen molar-refractivity contribution in [2.24, 2.45) is 11.8 Å². The van der Waals surface area contributed by atoms with E-state index >= 15 is 0 Å². The maximum atomic E-state index is 12.7. The minimum absolute atomic E-state index is 0.0863. The predicted molar refractivity (Wildman–Crippen MR) is 102 cm³/mol. The highest BCUT2D eigenvalue weighted by molar-refractivity contribution is 7.89. The van der Waals surface area contributed by atoms with Crippen LogP contribution in [0.15, 0.2) is 24.3 Å². The van der Waals surface area contributed by atoms with Crippen LogP contribution in [-0.2, 0) is 26.9 Å². The monoisotopic (exact) mass is 377 g/mol. The van der Waals surface area contributed by atoms with Crippen molar-refractivity contribution in [2.75, 3.05) is 6.26 Å². The smallest absolute Gasteiger partial charge is 0.240 e. The van der Waals surface area contributed by atoms with Crippen molar-refractivity contribution in [2.45, 2.75) is 51.4 Å². The van der Waals surface area contributed by atoms with Crippen LogP contribution in [0.4, 0.5) is 0 Å². The third kappa shape index (κ3) is 4.26. The van der Waals surface area contributed by atoms with Crippen LogP contribution < -0.4 is 5.32 Å². The number of imidazole rings is 1. The van der Waals surface area contributed by atoms with Gasteiger partial charge in [0.25, 0.3) is 0 Å². The minimum atomic E-state index is -3.24. The predicted octanol–water partition coefficient (Wildman–Crippen LogP) is 2.52. The van der Waals surface area contributed by atoms with Crippen LogP contribution in [0.1, 0.15) is 38.9 Å². The highest BCUT2D eigenvalue weighted by Crippen LogP contribution is 2.29. The minimum Gasteiger partial charge on any atom is -0.352 e. The first kappa shape index (κ1) is 18.9. The van der Waals surface area contributed by atoms with E-state index in [0.717, 1.165) is 18.4 Å². The second-order valence-corrected chi connectivity index (χ2v) is 9.75. The Morgan fingerprint density at radius 1 is 1.27 bits per heavy atom. The third-order valence-electron chi connectivity index (χ3n) is 5.48. The quantitative estimate of drug-likeness (QED) is 0.868. The molecule has 1 saturated carbocycles. The molecule has 2 aromatic rings. The molecule has 3 atom stereocenters. The normalized spacial score (nSPS) is 23.9. The Bertz CT molecular complexity index is 904. The summed E-state index contributed by atoms with van der Waals surface area (Å²) in [6.45, 7) is 4.51. The molecule has 1 amide bonds. The summed E-state index contributed by atoms with van der Waals surface area (Å²) >= 11 is 0. The lowest BCUT2D eigenvalue weighted by molar-refractivity contribution is -0.123. The Morgan fingerprint density at radius 3 is 2.73 bits per heavy atom. The van der Waals surface area contributed by atoms with E-state index < -0.39 is 9.84 Å². The van der Waals surface area contributed by atoms with E-state index in [1.165, 1.54) is 12.7 Å². The number of sulfone groups is 1.